The molecule has 0 atom stereocenters. The van der Waals surface area contributed by atoms with Crippen molar-refractivity contribution in [2.75, 3.05) is 0 Å². The van der Waals surface area contributed by atoms with Crippen molar-refractivity contribution in [3.05, 3.63) is 40.0 Å². The van der Waals surface area contributed by atoms with E-state index in [4.69, 9.17) is 23.4 Å². The summed E-state index contributed by atoms with van der Waals surface area (Å²) < 4.78 is 0. The molecular weight excluding hydrogens is 198 g/mol. The van der Waals surface area contributed by atoms with E-state index in [0.717, 1.165) is 18.4 Å². The van der Waals surface area contributed by atoms with Gasteiger partial charge in [0.15, 0.2) is 5.69 Å². The molecule has 0 N–H and O–H groups in total. The fourth-order valence-corrected chi connectivity index (χ4v) is 1.57. The number of nitrogens with zero attached hydrogens (tertiary/aromatic N) is 3. The van der Waals surface area contributed by atoms with Crippen LogP contribution in [0.5, 0.6) is 0 Å². The van der Waals surface area contributed by atoms with Gasteiger partial charge in [-0.2, -0.15) is 5.26 Å². The molecule has 0 unspecified atom stereocenters. The highest BCUT2D eigenvalue weighted by Gasteiger charge is 2.53. The van der Waals surface area contributed by atoms with E-state index < -0.39 is 5.54 Å². The van der Waals surface area contributed by atoms with Crippen molar-refractivity contribution in [1.82, 2.24) is 4.98 Å². The van der Waals surface area contributed by atoms with Crippen LogP contribution in [0.1, 0.15) is 24.1 Å². The lowest BCUT2D eigenvalue weighted by atomic mass is 10.1. The molecule has 1 aliphatic carbocycles. The smallest absolute Gasteiger partial charge is 0.259 e. The predicted octanol–water partition coefficient (Wildman–Crippen LogP) is 2.52. The minimum Gasteiger partial charge on any atom is -0.305 e. The van der Waals surface area contributed by atoms with E-state index in [1.165, 1.54) is 0 Å². The highest BCUT2D eigenvalue weighted by molar-refractivity contribution is 6.31. The minimum atomic E-state index is -0.398. The summed E-state index contributed by atoms with van der Waals surface area (Å²) in [5.41, 5.74) is 0.651. The molecule has 3 nitrogen and oxygen atoms in total. The summed E-state index contributed by atoms with van der Waals surface area (Å²) in [5, 5.41) is 8.96. The lowest BCUT2D eigenvalue weighted by molar-refractivity contribution is 0.873. The monoisotopic (exact) mass is 203 g/mol. The van der Waals surface area contributed by atoms with E-state index >= 15 is 0 Å². The molecule has 68 valence electrons. The lowest BCUT2D eigenvalue weighted by Gasteiger charge is -2.02. The molecule has 0 bridgehead atoms. The fraction of sp³-hybridized carbons (Fsp3) is 0.300. The molecule has 0 aromatic carbocycles. The molecule has 14 heavy (non-hydrogen) atoms. The molecule has 0 radical (unpaired) electrons. The maximum absolute atomic E-state index is 8.63. The Balaban J connectivity index is 2.46. The number of aromatic nitrogens is 1. The molecular formula is C10H6ClN3. The summed E-state index contributed by atoms with van der Waals surface area (Å²) in [6.07, 6.45) is 3.30. The third-order valence-corrected chi connectivity index (χ3v) is 2.71. The fourth-order valence-electron chi connectivity index (χ4n) is 1.36. The Morgan fingerprint density at radius 1 is 1.64 bits per heavy atom. The van der Waals surface area contributed by atoms with Crippen LogP contribution in [0.2, 0.25) is 5.02 Å². The Kier molecular flexibility index (Phi) is 1.91. The second-order valence-electron chi connectivity index (χ2n) is 3.31. The second-order valence-corrected chi connectivity index (χ2v) is 3.72. The predicted molar refractivity (Wildman–Crippen MR) is 51.5 cm³/mol. The molecule has 2 rings (SSSR count). The van der Waals surface area contributed by atoms with E-state index in [0.29, 0.717) is 5.02 Å². The molecule has 0 amide bonds. The second kappa shape index (κ2) is 2.97. The number of hydrogen-bond donors (Lipinski definition) is 0. The van der Waals surface area contributed by atoms with E-state index in [1.807, 2.05) is 6.07 Å². The van der Waals surface area contributed by atoms with Crippen molar-refractivity contribution in [1.29, 1.82) is 5.26 Å². The number of nitriles is 1. The zero-order chi connectivity index (χ0) is 10.2. The van der Waals surface area contributed by atoms with Crippen LogP contribution in [0.3, 0.4) is 0 Å². The summed E-state index contributed by atoms with van der Waals surface area (Å²) in [6, 6.07) is 3.57. The highest BCUT2D eigenvalue weighted by atomic mass is 35.5. The maximum atomic E-state index is 8.63. The first-order chi connectivity index (χ1) is 6.72. The van der Waals surface area contributed by atoms with Gasteiger partial charge in [-0.3, -0.25) is 0 Å². The summed E-state index contributed by atoms with van der Waals surface area (Å²) >= 11 is 5.83. The van der Waals surface area contributed by atoms with Crippen LogP contribution in [0.4, 0.5) is 0 Å². The summed E-state index contributed by atoms with van der Waals surface area (Å²) in [6.45, 7) is 7.06. The molecule has 0 aliphatic heterocycles. The quantitative estimate of drug-likeness (QED) is 0.658. The van der Waals surface area contributed by atoms with Crippen molar-refractivity contribution in [3.63, 3.8) is 0 Å². The van der Waals surface area contributed by atoms with Crippen molar-refractivity contribution in [2.45, 2.75) is 18.4 Å². The van der Waals surface area contributed by atoms with Crippen molar-refractivity contribution >= 4 is 11.6 Å². The number of rotatable bonds is 1. The van der Waals surface area contributed by atoms with Crippen LogP contribution in [-0.2, 0) is 5.54 Å². The lowest BCUT2D eigenvalue weighted by Crippen LogP contribution is -2.01. The van der Waals surface area contributed by atoms with Crippen LogP contribution >= 0.6 is 11.6 Å². The normalized spacial score (nSPS) is 16.8. The van der Waals surface area contributed by atoms with Crippen LogP contribution in [-0.4, -0.2) is 4.98 Å². The molecule has 1 fully saturated rings. The maximum Gasteiger partial charge on any atom is 0.259 e. The Hall–Kier alpha value is -1.58. The van der Waals surface area contributed by atoms with E-state index in [-0.39, 0.29) is 5.69 Å². The van der Waals surface area contributed by atoms with Crippen molar-refractivity contribution < 1.29 is 0 Å². The van der Waals surface area contributed by atoms with Gasteiger partial charge in [0, 0.05) is 19.0 Å². The third-order valence-electron chi connectivity index (χ3n) is 2.42. The van der Waals surface area contributed by atoms with Gasteiger partial charge in [0.1, 0.15) is 6.07 Å². The van der Waals surface area contributed by atoms with E-state index in [9.17, 15) is 0 Å². The van der Waals surface area contributed by atoms with Crippen LogP contribution < -0.4 is 0 Å². The van der Waals surface area contributed by atoms with Crippen molar-refractivity contribution in [3.8, 4) is 6.07 Å². The largest absolute Gasteiger partial charge is 0.305 e. The van der Waals surface area contributed by atoms with Crippen LogP contribution in [0.25, 0.3) is 4.85 Å². The highest BCUT2D eigenvalue weighted by Crippen LogP contribution is 2.49. The van der Waals surface area contributed by atoms with Crippen LogP contribution in [0.15, 0.2) is 12.3 Å². The topological polar surface area (TPSA) is 41.0 Å². The summed E-state index contributed by atoms with van der Waals surface area (Å²) in [7, 11) is 0. The summed E-state index contributed by atoms with van der Waals surface area (Å²) in [4.78, 5) is 7.48. The van der Waals surface area contributed by atoms with Crippen molar-refractivity contribution in [2.24, 2.45) is 0 Å². The first-order valence-corrected chi connectivity index (χ1v) is 4.54. The molecule has 1 aliphatic rings. The van der Waals surface area contributed by atoms with Gasteiger partial charge in [-0.1, -0.05) is 11.6 Å². The van der Waals surface area contributed by atoms with Gasteiger partial charge < -0.3 is 4.85 Å². The molecule has 1 saturated carbocycles. The molecule has 4 heteroatoms. The SMILES string of the molecule is [C-]#[N+]C1(c2cnc(C#N)c(Cl)c2)CC1. The Labute approximate surface area is 86.8 Å². The zero-order valence-electron chi connectivity index (χ0n) is 7.29. The first-order valence-electron chi connectivity index (χ1n) is 4.16. The minimum absolute atomic E-state index is 0.219. The molecule has 0 saturated heterocycles. The van der Waals surface area contributed by atoms with Gasteiger partial charge >= 0.3 is 0 Å². The Morgan fingerprint density at radius 3 is 2.79 bits per heavy atom. The molecule has 1 aromatic rings. The molecule has 1 heterocycles. The molecule has 0 spiro atoms. The van der Waals surface area contributed by atoms with Gasteiger partial charge in [0.25, 0.3) is 5.54 Å². The first kappa shape index (κ1) is 8.99. The number of hydrogen-bond acceptors (Lipinski definition) is 2. The van der Waals surface area contributed by atoms with Gasteiger partial charge in [-0.25, -0.2) is 11.6 Å². The number of halogens is 1. The van der Waals surface area contributed by atoms with Crippen LogP contribution in [0, 0.1) is 17.9 Å². The Bertz CT molecular complexity index is 463. The van der Waals surface area contributed by atoms with Gasteiger partial charge in [0.05, 0.1) is 10.6 Å². The van der Waals surface area contributed by atoms with Gasteiger partial charge in [-0.05, 0) is 6.07 Å². The van der Waals surface area contributed by atoms with Gasteiger partial charge in [0.2, 0.25) is 0 Å². The van der Waals surface area contributed by atoms with Gasteiger partial charge in [-0.15, -0.1) is 0 Å². The average Bonchev–Trinajstić information content (AvgIpc) is 2.98. The molecule has 1 aromatic heterocycles. The van der Waals surface area contributed by atoms with E-state index in [2.05, 4.69) is 9.83 Å². The van der Waals surface area contributed by atoms with E-state index in [1.54, 1.807) is 12.3 Å². The summed E-state index contributed by atoms with van der Waals surface area (Å²) in [5.74, 6) is 0. The third kappa shape index (κ3) is 1.23. The standard InChI is InChI=1S/C10H6ClN3/c1-13-10(2-3-10)7-4-8(11)9(5-12)14-6-7/h4,6H,2-3H2. The number of pyridine rings is 1. The Morgan fingerprint density at radius 2 is 2.36 bits per heavy atom. The zero-order valence-corrected chi connectivity index (χ0v) is 8.04. The average molecular weight is 204 g/mol.